The zero-order valence-electron chi connectivity index (χ0n) is 13.3. The molecule has 0 saturated heterocycles. The highest BCUT2D eigenvalue weighted by molar-refractivity contribution is 6.01. The molecule has 0 atom stereocenters. The van der Waals surface area contributed by atoms with Crippen molar-refractivity contribution in [3.05, 3.63) is 48.2 Å². The Labute approximate surface area is 134 Å². The van der Waals surface area contributed by atoms with Gasteiger partial charge in [-0.3, -0.25) is 0 Å². The number of aryl methyl sites for hydroxylation is 2. The van der Waals surface area contributed by atoms with Crippen molar-refractivity contribution >= 4 is 22.6 Å². The van der Waals surface area contributed by atoms with Crippen molar-refractivity contribution in [2.45, 2.75) is 19.9 Å². The molecule has 0 spiro atoms. The van der Waals surface area contributed by atoms with Crippen molar-refractivity contribution in [3.8, 4) is 0 Å². The van der Waals surface area contributed by atoms with Gasteiger partial charge < -0.3 is 19.6 Å². The van der Waals surface area contributed by atoms with Crippen LogP contribution in [-0.2, 0) is 11.3 Å². The Morgan fingerprint density at radius 3 is 3.04 bits per heavy atom. The summed E-state index contributed by atoms with van der Waals surface area (Å²) in [5.41, 5.74) is 3.48. The number of aromatic nitrogens is 3. The van der Waals surface area contributed by atoms with E-state index in [4.69, 9.17) is 4.74 Å². The molecule has 2 aromatic heterocycles. The number of carbonyl (C=O) groups is 1. The molecule has 2 N–H and O–H groups in total. The van der Waals surface area contributed by atoms with Crippen LogP contribution in [0.4, 0.5) is 5.69 Å². The SMILES string of the molecule is COC(=O)c1cc2cc[nH]c2cc1NCCCn1cncc1C. The summed E-state index contributed by atoms with van der Waals surface area (Å²) in [4.78, 5) is 19.3. The minimum absolute atomic E-state index is 0.332. The minimum Gasteiger partial charge on any atom is -0.465 e. The van der Waals surface area contributed by atoms with Crippen LogP contribution in [0.3, 0.4) is 0 Å². The molecule has 0 unspecified atom stereocenters. The topological polar surface area (TPSA) is 71.9 Å². The smallest absolute Gasteiger partial charge is 0.339 e. The van der Waals surface area contributed by atoms with Crippen LogP contribution in [0.15, 0.2) is 36.9 Å². The van der Waals surface area contributed by atoms with E-state index in [-0.39, 0.29) is 5.97 Å². The van der Waals surface area contributed by atoms with Gasteiger partial charge in [0, 0.05) is 42.1 Å². The number of nitrogens with zero attached hydrogens (tertiary/aromatic N) is 2. The zero-order chi connectivity index (χ0) is 16.2. The maximum atomic E-state index is 12.0. The van der Waals surface area contributed by atoms with E-state index in [1.165, 1.54) is 7.11 Å². The number of esters is 1. The fourth-order valence-corrected chi connectivity index (χ4v) is 2.62. The van der Waals surface area contributed by atoms with Gasteiger partial charge in [-0.05, 0) is 31.5 Å². The monoisotopic (exact) mass is 312 g/mol. The first-order chi connectivity index (χ1) is 11.2. The van der Waals surface area contributed by atoms with E-state index in [2.05, 4.69) is 19.9 Å². The number of rotatable bonds is 6. The number of ether oxygens (including phenoxy) is 1. The Morgan fingerprint density at radius 2 is 2.30 bits per heavy atom. The molecule has 6 heteroatoms. The molecule has 23 heavy (non-hydrogen) atoms. The van der Waals surface area contributed by atoms with Crippen LogP contribution in [-0.4, -0.2) is 34.2 Å². The van der Waals surface area contributed by atoms with Crippen molar-refractivity contribution < 1.29 is 9.53 Å². The van der Waals surface area contributed by atoms with Crippen molar-refractivity contribution in [1.82, 2.24) is 14.5 Å². The maximum absolute atomic E-state index is 12.0. The predicted octanol–water partition coefficient (Wildman–Crippen LogP) is 2.96. The molecular formula is C17H20N4O2. The van der Waals surface area contributed by atoms with Crippen LogP contribution in [0.1, 0.15) is 22.5 Å². The number of anilines is 1. The summed E-state index contributed by atoms with van der Waals surface area (Å²) >= 11 is 0. The van der Waals surface area contributed by atoms with Crippen LogP contribution in [0.2, 0.25) is 0 Å². The molecule has 120 valence electrons. The summed E-state index contributed by atoms with van der Waals surface area (Å²) in [7, 11) is 1.40. The Hall–Kier alpha value is -2.76. The summed E-state index contributed by atoms with van der Waals surface area (Å²) in [6.07, 6.45) is 6.47. The van der Waals surface area contributed by atoms with Gasteiger partial charge in [-0.2, -0.15) is 0 Å². The second kappa shape index (κ2) is 6.56. The van der Waals surface area contributed by atoms with Gasteiger partial charge in [0.05, 0.1) is 24.7 Å². The quantitative estimate of drug-likeness (QED) is 0.542. The summed E-state index contributed by atoms with van der Waals surface area (Å²) < 4.78 is 6.99. The van der Waals surface area contributed by atoms with Gasteiger partial charge >= 0.3 is 5.97 Å². The Balaban J connectivity index is 1.70. The average Bonchev–Trinajstić information content (AvgIpc) is 3.18. The molecular weight excluding hydrogens is 292 g/mol. The number of imidazole rings is 1. The number of methoxy groups -OCH3 is 1. The lowest BCUT2D eigenvalue weighted by molar-refractivity contribution is 0.0602. The number of nitrogens with one attached hydrogen (secondary N) is 2. The number of aromatic amines is 1. The summed E-state index contributed by atoms with van der Waals surface area (Å²) in [5, 5.41) is 4.33. The third-order valence-electron chi connectivity index (χ3n) is 3.91. The minimum atomic E-state index is -0.332. The first-order valence-electron chi connectivity index (χ1n) is 7.59. The van der Waals surface area contributed by atoms with E-state index in [0.717, 1.165) is 41.8 Å². The van der Waals surface area contributed by atoms with Gasteiger partial charge in [-0.1, -0.05) is 0 Å². The molecule has 0 aliphatic rings. The molecule has 0 aliphatic carbocycles. The lowest BCUT2D eigenvalue weighted by Crippen LogP contribution is -2.11. The lowest BCUT2D eigenvalue weighted by atomic mass is 10.1. The second-order valence-electron chi connectivity index (χ2n) is 5.46. The average molecular weight is 312 g/mol. The van der Waals surface area contributed by atoms with E-state index >= 15 is 0 Å². The molecule has 6 nitrogen and oxygen atoms in total. The van der Waals surface area contributed by atoms with Crippen LogP contribution in [0.5, 0.6) is 0 Å². The van der Waals surface area contributed by atoms with E-state index in [9.17, 15) is 4.79 Å². The van der Waals surface area contributed by atoms with Crippen molar-refractivity contribution in [1.29, 1.82) is 0 Å². The first kappa shape index (κ1) is 15.1. The van der Waals surface area contributed by atoms with E-state index in [1.807, 2.05) is 43.8 Å². The number of carbonyl (C=O) groups excluding carboxylic acids is 1. The van der Waals surface area contributed by atoms with Gasteiger partial charge in [0.1, 0.15) is 0 Å². The van der Waals surface area contributed by atoms with Crippen molar-refractivity contribution in [3.63, 3.8) is 0 Å². The van der Waals surface area contributed by atoms with E-state index in [1.54, 1.807) is 0 Å². The molecule has 0 bridgehead atoms. The number of benzene rings is 1. The molecule has 0 saturated carbocycles. The number of H-pyrrole nitrogens is 1. The Bertz CT molecular complexity index is 819. The van der Waals surface area contributed by atoms with Crippen LogP contribution in [0.25, 0.3) is 10.9 Å². The third kappa shape index (κ3) is 3.21. The second-order valence-corrected chi connectivity index (χ2v) is 5.46. The third-order valence-corrected chi connectivity index (χ3v) is 3.91. The van der Waals surface area contributed by atoms with Crippen LogP contribution < -0.4 is 5.32 Å². The van der Waals surface area contributed by atoms with Crippen molar-refractivity contribution in [2.75, 3.05) is 19.0 Å². The summed E-state index contributed by atoms with van der Waals surface area (Å²) in [6.45, 7) is 3.68. The lowest BCUT2D eigenvalue weighted by Gasteiger charge is -2.12. The maximum Gasteiger partial charge on any atom is 0.339 e. The fraction of sp³-hybridized carbons (Fsp3) is 0.294. The standard InChI is InChI=1S/C17H20N4O2/c1-12-10-18-11-21(12)7-3-5-19-16-9-15-13(4-6-20-15)8-14(16)17(22)23-2/h4,6,8-11,19-20H,3,5,7H2,1-2H3. The number of fused-ring (bicyclic) bond motifs is 1. The largest absolute Gasteiger partial charge is 0.465 e. The van der Waals surface area contributed by atoms with Crippen LogP contribution >= 0.6 is 0 Å². The zero-order valence-corrected chi connectivity index (χ0v) is 13.3. The van der Waals surface area contributed by atoms with Gasteiger partial charge in [0.15, 0.2) is 0 Å². The predicted molar refractivity (Wildman–Crippen MR) is 89.7 cm³/mol. The molecule has 1 aromatic carbocycles. The van der Waals surface area contributed by atoms with Gasteiger partial charge in [-0.15, -0.1) is 0 Å². The Kier molecular flexibility index (Phi) is 4.32. The van der Waals surface area contributed by atoms with Gasteiger partial charge in [0.2, 0.25) is 0 Å². The van der Waals surface area contributed by atoms with E-state index in [0.29, 0.717) is 5.56 Å². The highest BCUT2D eigenvalue weighted by Crippen LogP contribution is 2.24. The normalized spacial score (nSPS) is 10.9. The fourth-order valence-electron chi connectivity index (χ4n) is 2.62. The molecule has 3 rings (SSSR count). The van der Waals surface area contributed by atoms with E-state index < -0.39 is 0 Å². The Morgan fingerprint density at radius 1 is 1.43 bits per heavy atom. The molecule has 0 fully saturated rings. The highest BCUT2D eigenvalue weighted by Gasteiger charge is 2.13. The molecule has 0 amide bonds. The van der Waals surface area contributed by atoms with Gasteiger partial charge in [0.25, 0.3) is 0 Å². The van der Waals surface area contributed by atoms with Crippen LogP contribution in [0, 0.1) is 6.92 Å². The molecule has 0 radical (unpaired) electrons. The number of hydrogen-bond donors (Lipinski definition) is 2. The summed E-state index contributed by atoms with van der Waals surface area (Å²) in [6, 6.07) is 5.73. The number of hydrogen-bond acceptors (Lipinski definition) is 4. The highest BCUT2D eigenvalue weighted by atomic mass is 16.5. The molecule has 0 aliphatic heterocycles. The first-order valence-corrected chi connectivity index (χ1v) is 7.59. The van der Waals surface area contributed by atoms with Crippen molar-refractivity contribution in [2.24, 2.45) is 0 Å². The molecule has 3 aromatic rings. The summed E-state index contributed by atoms with van der Waals surface area (Å²) in [5.74, 6) is -0.332. The van der Waals surface area contributed by atoms with Gasteiger partial charge in [-0.25, -0.2) is 9.78 Å². The molecule has 2 heterocycles.